The normalized spacial score (nSPS) is 14.3. The van der Waals surface area contributed by atoms with Crippen molar-refractivity contribution in [2.75, 3.05) is 19.9 Å². The lowest BCUT2D eigenvalue weighted by Crippen LogP contribution is -2.43. The van der Waals surface area contributed by atoms with Crippen LogP contribution in [0, 0.1) is 11.3 Å². The highest BCUT2D eigenvalue weighted by Crippen LogP contribution is 2.49. The minimum absolute atomic E-state index is 0.000563. The molecule has 1 aliphatic carbocycles. The first-order chi connectivity index (χ1) is 24.6. The van der Waals surface area contributed by atoms with Crippen molar-refractivity contribution in [2.45, 2.75) is 49.4 Å². The number of nitrogens with zero attached hydrogens (tertiary/aromatic N) is 6. The van der Waals surface area contributed by atoms with Crippen molar-refractivity contribution >= 4 is 29.6 Å². The van der Waals surface area contributed by atoms with Crippen molar-refractivity contribution in [3.05, 3.63) is 64.6 Å². The topological polar surface area (TPSA) is 182 Å². The SMILES string of the molecule is Cn1nc(C(F)(F)C(F)(F)F)c(C(F)(F)F)c1-n1cc(-c2ccc(Cl)c(C(=O)N(COC(=O)OCCCOC(=O)/C=C/C(O)O)C3(C#N)CC3)c2)cn1. The molecule has 0 aliphatic heterocycles. The molecule has 0 atom stereocenters. The van der Waals surface area contributed by atoms with Gasteiger partial charge in [0.1, 0.15) is 11.1 Å². The summed E-state index contributed by atoms with van der Waals surface area (Å²) < 4.78 is 125. The van der Waals surface area contributed by atoms with Crippen LogP contribution in [0.3, 0.4) is 0 Å². The van der Waals surface area contributed by atoms with Gasteiger partial charge in [-0.2, -0.15) is 50.6 Å². The lowest BCUT2D eigenvalue weighted by atomic mass is 10.0. The average Bonchev–Trinajstić information content (AvgIpc) is 3.53. The monoisotopic (exact) mass is 784 g/mol. The molecular weight excluding hydrogens is 760 g/mol. The number of nitriles is 1. The van der Waals surface area contributed by atoms with Gasteiger partial charge in [0.2, 0.25) is 0 Å². The first-order valence-electron chi connectivity index (χ1n) is 14.8. The van der Waals surface area contributed by atoms with Gasteiger partial charge in [0.15, 0.2) is 24.5 Å². The van der Waals surface area contributed by atoms with E-state index < -0.39 is 71.9 Å². The molecule has 0 radical (unpaired) electrons. The zero-order valence-corrected chi connectivity index (χ0v) is 27.5. The number of aliphatic hydroxyl groups excluding tert-OH is 1. The zero-order chi connectivity index (χ0) is 39.5. The van der Waals surface area contributed by atoms with Crippen molar-refractivity contribution in [1.82, 2.24) is 24.5 Å². The summed E-state index contributed by atoms with van der Waals surface area (Å²) in [4.78, 5) is 38.2. The predicted molar refractivity (Wildman–Crippen MR) is 160 cm³/mol. The van der Waals surface area contributed by atoms with E-state index in [2.05, 4.69) is 10.2 Å². The van der Waals surface area contributed by atoms with Crippen LogP contribution in [0.15, 0.2) is 42.7 Å². The minimum Gasteiger partial charge on any atom is -0.462 e. The van der Waals surface area contributed by atoms with Crippen LogP contribution < -0.4 is 0 Å². The highest BCUT2D eigenvalue weighted by atomic mass is 35.5. The predicted octanol–water partition coefficient (Wildman–Crippen LogP) is 5.01. The van der Waals surface area contributed by atoms with Crippen molar-refractivity contribution in [1.29, 1.82) is 5.26 Å². The number of carbonyl (C=O) groups is 3. The Morgan fingerprint density at radius 2 is 1.74 bits per heavy atom. The molecule has 1 fully saturated rings. The summed E-state index contributed by atoms with van der Waals surface area (Å²) in [6.07, 6.45) is -11.6. The lowest BCUT2D eigenvalue weighted by Gasteiger charge is -2.27. The fourth-order valence-electron chi connectivity index (χ4n) is 4.69. The molecular formula is C30H25ClF8N6O8. The molecule has 2 N–H and O–H groups in total. The number of benzene rings is 1. The maximum Gasteiger partial charge on any atom is 0.510 e. The molecule has 3 aromatic rings. The van der Waals surface area contributed by atoms with Gasteiger partial charge in [-0.05, 0) is 36.6 Å². The van der Waals surface area contributed by atoms with Gasteiger partial charge in [-0.3, -0.25) is 9.69 Å². The summed E-state index contributed by atoms with van der Waals surface area (Å²) in [6.45, 7) is -1.35. The number of hydrogen-bond acceptors (Lipinski definition) is 11. The van der Waals surface area contributed by atoms with E-state index >= 15 is 0 Å². The van der Waals surface area contributed by atoms with Gasteiger partial charge >= 0.3 is 30.4 Å². The zero-order valence-electron chi connectivity index (χ0n) is 26.8. The summed E-state index contributed by atoms with van der Waals surface area (Å²) in [5, 5.41) is 33.5. The number of alkyl halides is 8. The summed E-state index contributed by atoms with van der Waals surface area (Å²) in [7, 11) is 0.709. The minimum atomic E-state index is -6.41. The summed E-state index contributed by atoms with van der Waals surface area (Å²) in [5.41, 5.74) is -6.69. The van der Waals surface area contributed by atoms with E-state index in [0.717, 1.165) is 35.5 Å². The van der Waals surface area contributed by atoms with Crippen molar-refractivity contribution in [3.8, 4) is 23.0 Å². The van der Waals surface area contributed by atoms with Gasteiger partial charge in [-0.25, -0.2) is 19.0 Å². The molecule has 286 valence electrons. The number of amides is 1. The Hall–Kier alpha value is -5.27. The second kappa shape index (κ2) is 15.4. The summed E-state index contributed by atoms with van der Waals surface area (Å²) in [5.74, 6) is -9.09. The van der Waals surface area contributed by atoms with Crippen LogP contribution in [0.1, 0.15) is 40.9 Å². The highest BCUT2D eigenvalue weighted by Gasteiger charge is 2.64. The average molecular weight is 785 g/mol. The van der Waals surface area contributed by atoms with Gasteiger partial charge in [0, 0.05) is 31.3 Å². The maximum absolute atomic E-state index is 14.2. The third-order valence-electron chi connectivity index (χ3n) is 7.45. The maximum atomic E-state index is 14.2. The van der Waals surface area contributed by atoms with E-state index in [1.165, 1.54) is 12.1 Å². The Kier molecular flexibility index (Phi) is 11.7. The van der Waals surface area contributed by atoms with E-state index in [1.54, 1.807) is 0 Å². The van der Waals surface area contributed by atoms with E-state index in [1.807, 2.05) is 6.07 Å². The van der Waals surface area contributed by atoms with Crippen LogP contribution in [0.4, 0.5) is 39.9 Å². The number of halogens is 9. The Labute approximate surface area is 297 Å². The molecule has 4 rings (SSSR count). The van der Waals surface area contributed by atoms with Crippen LogP contribution >= 0.6 is 11.6 Å². The molecule has 0 spiro atoms. The van der Waals surface area contributed by atoms with Crippen molar-refractivity contribution in [2.24, 2.45) is 7.05 Å². The number of ether oxygens (including phenoxy) is 3. The smallest absolute Gasteiger partial charge is 0.462 e. The van der Waals surface area contributed by atoms with Gasteiger partial charge in [-0.15, -0.1) is 0 Å². The number of aryl methyl sites for hydroxylation is 1. The van der Waals surface area contributed by atoms with Crippen molar-refractivity contribution < 1.29 is 73.9 Å². The van der Waals surface area contributed by atoms with Gasteiger partial charge < -0.3 is 24.4 Å². The molecule has 1 aromatic carbocycles. The number of aliphatic hydroxyl groups is 2. The Bertz CT molecular complexity index is 1930. The van der Waals surface area contributed by atoms with Gasteiger partial charge in [-0.1, -0.05) is 17.7 Å². The van der Waals surface area contributed by atoms with E-state index in [9.17, 15) is 54.8 Å². The third kappa shape index (κ3) is 9.03. The van der Waals surface area contributed by atoms with Crippen LogP contribution in [-0.4, -0.2) is 90.7 Å². The van der Waals surface area contributed by atoms with Crippen LogP contribution in [-0.2, 0) is 38.2 Å². The fraction of sp³-hybridized carbons (Fsp3) is 0.400. The highest BCUT2D eigenvalue weighted by molar-refractivity contribution is 6.34. The van der Waals surface area contributed by atoms with Crippen LogP contribution in [0.25, 0.3) is 16.9 Å². The molecule has 1 amide bonds. The second-order valence-electron chi connectivity index (χ2n) is 11.2. The number of esters is 1. The quantitative estimate of drug-likeness (QED) is 0.0782. The molecule has 14 nitrogen and oxygen atoms in total. The standard InChI is InChI=1S/C30H25ClF8N6O8/c1-43-24(22(29(34,35)36)23(42-43)28(32,33)30(37,38)39)45-13-17(12-41-45)16-3-4-19(31)18(11-16)25(49)44(27(14-40)7-8-27)15-53-26(50)52-10-2-9-51-21(48)6-5-20(46)47/h3-6,11-13,20,46-47H,2,7-10,15H2,1H3/b6-5+. The third-order valence-corrected chi connectivity index (χ3v) is 7.78. The molecule has 23 heteroatoms. The van der Waals surface area contributed by atoms with E-state index in [4.69, 9.17) is 36.0 Å². The molecule has 0 saturated heterocycles. The van der Waals surface area contributed by atoms with Gasteiger partial charge in [0.05, 0.1) is 36.1 Å². The van der Waals surface area contributed by atoms with Crippen LogP contribution in [0.5, 0.6) is 0 Å². The first kappa shape index (κ1) is 40.5. The van der Waals surface area contributed by atoms with E-state index in [-0.39, 0.29) is 58.9 Å². The molecule has 2 aromatic heterocycles. The largest absolute Gasteiger partial charge is 0.510 e. The Morgan fingerprint density at radius 1 is 1.08 bits per heavy atom. The van der Waals surface area contributed by atoms with E-state index in [0.29, 0.717) is 11.7 Å². The lowest BCUT2D eigenvalue weighted by molar-refractivity contribution is -0.292. The first-order valence-corrected chi connectivity index (χ1v) is 15.2. The van der Waals surface area contributed by atoms with Crippen molar-refractivity contribution in [3.63, 3.8) is 0 Å². The molecule has 2 heterocycles. The van der Waals surface area contributed by atoms with Crippen LogP contribution in [0.2, 0.25) is 5.02 Å². The molecule has 0 bridgehead atoms. The Morgan fingerprint density at radius 3 is 2.32 bits per heavy atom. The Balaban J connectivity index is 1.53. The number of carbonyl (C=O) groups excluding carboxylic acids is 3. The molecule has 0 unspecified atom stereocenters. The molecule has 1 aliphatic rings. The second-order valence-corrected chi connectivity index (χ2v) is 11.6. The summed E-state index contributed by atoms with van der Waals surface area (Å²) in [6, 6.07) is 5.58. The number of hydrogen-bond donors (Lipinski definition) is 2. The van der Waals surface area contributed by atoms with Gasteiger partial charge in [0.25, 0.3) is 5.91 Å². The fourth-order valence-corrected chi connectivity index (χ4v) is 4.89. The number of rotatable bonds is 13. The number of aromatic nitrogens is 4. The molecule has 1 saturated carbocycles. The molecule has 53 heavy (non-hydrogen) atoms. The summed E-state index contributed by atoms with van der Waals surface area (Å²) >= 11 is 6.28.